The number of benzene rings is 2. The van der Waals surface area contributed by atoms with E-state index in [1.807, 2.05) is 6.07 Å². The first-order valence-electron chi connectivity index (χ1n) is 7.96. The van der Waals surface area contributed by atoms with E-state index in [1.54, 1.807) is 31.2 Å². The Kier molecular flexibility index (Phi) is 5.35. The molecule has 1 unspecified atom stereocenters. The summed E-state index contributed by atoms with van der Waals surface area (Å²) in [6.45, 7) is 3.11. The number of carbonyl (C=O) groups excluding carboxylic acids is 1. The fraction of sp³-hybridized carbons (Fsp3) is 0.278. The lowest BCUT2D eigenvalue weighted by Crippen LogP contribution is -2.39. The second-order valence-corrected chi connectivity index (χ2v) is 6.85. The highest BCUT2D eigenvalue weighted by Crippen LogP contribution is 2.29. The Bertz CT molecular complexity index is 800. The van der Waals surface area contributed by atoms with E-state index < -0.39 is 0 Å². The Morgan fingerprint density at radius 1 is 1.28 bits per heavy atom. The molecule has 1 saturated heterocycles. The zero-order valence-corrected chi connectivity index (χ0v) is 15.2. The predicted molar refractivity (Wildman–Crippen MR) is 100 cm³/mol. The van der Waals surface area contributed by atoms with Gasteiger partial charge in [0, 0.05) is 24.8 Å². The van der Waals surface area contributed by atoms with E-state index in [9.17, 15) is 9.18 Å². The Morgan fingerprint density at radius 3 is 2.84 bits per heavy atom. The highest BCUT2D eigenvalue weighted by molar-refractivity contribution is 6.43. The van der Waals surface area contributed by atoms with Crippen LogP contribution in [-0.4, -0.2) is 25.2 Å². The summed E-state index contributed by atoms with van der Waals surface area (Å²) in [7, 11) is 0. The van der Waals surface area contributed by atoms with Gasteiger partial charge < -0.3 is 15.5 Å². The molecule has 2 aromatic rings. The summed E-state index contributed by atoms with van der Waals surface area (Å²) in [6, 6.07) is 9.88. The van der Waals surface area contributed by atoms with Crippen LogP contribution in [0.15, 0.2) is 36.4 Å². The van der Waals surface area contributed by atoms with Crippen LogP contribution in [0.25, 0.3) is 0 Å². The number of hydrogen-bond acceptors (Lipinski definition) is 2. The van der Waals surface area contributed by atoms with E-state index >= 15 is 0 Å². The molecule has 0 bridgehead atoms. The second kappa shape index (κ2) is 7.50. The quantitative estimate of drug-likeness (QED) is 0.798. The van der Waals surface area contributed by atoms with Crippen LogP contribution in [0, 0.1) is 12.7 Å². The van der Waals surface area contributed by atoms with E-state index in [-0.39, 0.29) is 17.9 Å². The summed E-state index contributed by atoms with van der Waals surface area (Å²) in [5.41, 5.74) is 1.91. The van der Waals surface area contributed by atoms with Crippen LogP contribution in [0.4, 0.5) is 20.6 Å². The molecule has 1 fully saturated rings. The third kappa shape index (κ3) is 4.17. The maximum Gasteiger partial charge on any atom is 0.319 e. The summed E-state index contributed by atoms with van der Waals surface area (Å²) in [5, 5.41) is 6.31. The first kappa shape index (κ1) is 17.8. The van der Waals surface area contributed by atoms with E-state index in [1.165, 1.54) is 6.07 Å². The zero-order chi connectivity index (χ0) is 18.0. The summed E-state index contributed by atoms with van der Waals surface area (Å²) in [5.74, 6) is -0.220. The first-order chi connectivity index (χ1) is 11.9. The van der Waals surface area contributed by atoms with Crippen molar-refractivity contribution in [2.24, 2.45) is 0 Å². The van der Waals surface area contributed by atoms with E-state index in [2.05, 4.69) is 15.5 Å². The lowest BCUT2D eigenvalue weighted by molar-refractivity contribution is 0.249. The van der Waals surface area contributed by atoms with Crippen LogP contribution in [0.5, 0.6) is 0 Å². The van der Waals surface area contributed by atoms with Gasteiger partial charge in [0.25, 0.3) is 0 Å². The van der Waals surface area contributed by atoms with Gasteiger partial charge in [-0.1, -0.05) is 35.3 Å². The Hall–Kier alpha value is -1.98. The molecule has 0 saturated carbocycles. The number of nitrogens with zero attached hydrogens (tertiary/aromatic N) is 1. The van der Waals surface area contributed by atoms with E-state index in [0.29, 0.717) is 27.8 Å². The van der Waals surface area contributed by atoms with Gasteiger partial charge in [0.1, 0.15) is 5.82 Å². The third-order valence-electron chi connectivity index (χ3n) is 4.24. The molecule has 132 valence electrons. The molecule has 0 radical (unpaired) electrons. The largest absolute Gasteiger partial charge is 0.369 e. The molecule has 7 heteroatoms. The van der Waals surface area contributed by atoms with Gasteiger partial charge in [-0.3, -0.25) is 0 Å². The summed E-state index contributed by atoms with van der Waals surface area (Å²) in [4.78, 5) is 14.2. The molecule has 2 aromatic carbocycles. The average Bonchev–Trinajstić information content (AvgIpc) is 3.03. The van der Waals surface area contributed by atoms with Crippen molar-refractivity contribution in [1.82, 2.24) is 5.32 Å². The fourth-order valence-electron chi connectivity index (χ4n) is 2.84. The van der Waals surface area contributed by atoms with Crippen molar-refractivity contribution in [2.75, 3.05) is 23.3 Å². The molecule has 0 aliphatic carbocycles. The maximum absolute atomic E-state index is 13.7. The molecule has 0 spiro atoms. The molecule has 25 heavy (non-hydrogen) atoms. The predicted octanol–water partition coefficient (Wildman–Crippen LogP) is 4.84. The minimum atomic E-state index is -0.342. The van der Waals surface area contributed by atoms with Gasteiger partial charge in [-0.05, 0) is 43.2 Å². The van der Waals surface area contributed by atoms with Crippen molar-refractivity contribution in [3.8, 4) is 0 Å². The van der Waals surface area contributed by atoms with E-state index in [0.717, 1.165) is 18.7 Å². The van der Waals surface area contributed by atoms with Crippen LogP contribution >= 0.6 is 23.2 Å². The Labute approximate surface area is 155 Å². The van der Waals surface area contributed by atoms with Gasteiger partial charge in [0.2, 0.25) is 0 Å². The highest BCUT2D eigenvalue weighted by Gasteiger charge is 2.24. The summed E-state index contributed by atoms with van der Waals surface area (Å²) in [6.07, 6.45) is 0.784. The number of hydrogen-bond donors (Lipinski definition) is 2. The summed E-state index contributed by atoms with van der Waals surface area (Å²) < 4.78 is 13.7. The Morgan fingerprint density at radius 2 is 2.08 bits per heavy atom. The zero-order valence-electron chi connectivity index (χ0n) is 13.7. The van der Waals surface area contributed by atoms with Crippen molar-refractivity contribution in [1.29, 1.82) is 0 Å². The molecule has 2 N–H and O–H groups in total. The fourth-order valence-corrected chi connectivity index (χ4v) is 3.18. The van der Waals surface area contributed by atoms with Crippen molar-refractivity contribution in [3.05, 3.63) is 57.8 Å². The van der Waals surface area contributed by atoms with Gasteiger partial charge in [-0.25, -0.2) is 9.18 Å². The topological polar surface area (TPSA) is 44.4 Å². The molecular formula is C18H18Cl2FN3O. The molecule has 2 amide bonds. The van der Waals surface area contributed by atoms with Gasteiger partial charge >= 0.3 is 6.03 Å². The molecule has 4 nitrogen and oxygen atoms in total. The summed E-state index contributed by atoms with van der Waals surface area (Å²) >= 11 is 12.0. The minimum absolute atomic E-state index is 0.0256. The monoisotopic (exact) mass is 381 g/mol. The standard InChI is InChI=1S/C18H18Cl2FN3O/c1-11-5-6-13(9-15(11)21)24-8-7-12(10-24)22-18(25)23-16-4-2-3-14(19)17(16)20/h2-6,9,12H,7-8,10H2,1H3,(H2,22,23,25). The number of rotatable bonds is 3. The molecule has 1 aliphatic heterocycles. The van der Waals surface area contributed by atoms with Crippen molar-refractivity contribution in [2.45, 2.75) is 19.4 Å². The normalized spacial score (nSPS) is 16.8. The maximum atomic E-state index is 13.7. The number of carbonyl (C=O) groups is 1. The van der Waals surface area contributed by atoms with Crippen molar-refractivity contribution in [3.63, 3.8) is 0 Å². The van der Waals surface area contributed by atoms with Crippen LogP contribution in [-0.2, 0) is 0 Å². The van der Waals surface area contributed by atoms with E-state index in [4.69, 9.17) is 23.2 Å². The number of halogens is 3. The van der Waals surface area contributed by atoms with Crippen molar-refractivity contribution >= 4 is 40.6 Å². The van der Waals surface area contributed by atoms with Gasteiger partial charge in [0.15, 0.2) is 0 Å². The van der Waals surface area contributed by atoms with Gasteiger partial charge in [-0.2, -0.15) is 0 Å². The molecule has 0 aromatic heterocycles. The molecular weight excluding hydrogens is 364 g/mol. The molecule has 1 atom stereocenters. The first-order valence-corrected chi connectivity index (χ1v) is 8.72. The van der Waals surface area contributed by atoms with Crippen LogP contribution in [0.3, 0.4) is 0 Å². The van der Waals surface area contributed by atoms with Gasteiger partial charge in [0.05, 0.1) is 15.7 Å². The number of anilines is 2. The Balaban J connectivity index is 1.58. The van der Waals surface area contributed by atoms with Crippen LogP contribution in [0.2, 0.25) is 10.0 Å². The highest BCUT2D eigenvalue weighted by atomic mass is 35.5. The molecule has 1 aliphatic rings. The van der Waals surface area contributed by atoms with Crippen LogP contribution < -0.4 is 15.5 Å². The average molecular weight is 382 g/mol. The SMILES string of the molecule is Cc1ccc(N2CCC(NC(=O)Nc3cccc(Cl)c3Cl)C2)cc1F. The lowest BCUT2D eigenvalue weighted by Gasteiger charge is -2.19. The number of urea groups is 1. The number of amides is 2. The lowest BCUT2D eigenvalue weighted by atomic mass is 10.2. The van der Waals surface area contributed by atoms with Crippen LogP contribution in [0.1, 0.15) is 12.0 Å². The molecule has 1 heterocycles. The molecule has 3 rings (SSSR count). The van der Waals surface area contributed by atoms with Gasteiger partial charge in [-0.15, -0.1) is 0 Å². The minimum Gasteiger partial charge on any atom is -0.369 e. The smallest absolute Gasteiger partial charge is 0.319 e. The third-order valence-corrected chi connectivity index (χ3v) is 5.06. The van der Waals surface area contributed by atoms with Crippen molar-refractivity contribution < 1.29 is 9.18 Å². The number of aryl methyl sites for hydroxylation is 1. The number of nitrogens with one attached hydrogen (secondary N) is 2. The second-order valence-electron chi connectivity index (χ2n) is 6.06.